The van der Waals surface area contributed by atoms with E-state index >= 15 is 79.0 Å². The SMILES string of the molecule is C=CC(=O)Oc1ccc(C(c2ccc(OCC(CC)(COc3ccc(C(c4ccc(OC(=O)C=C)cc4)(C(F)(F)F)C(F)(F)F)cc3)COc3ccc(C(c4ccc(OC(=O)C=C)cc4)(C(F)(F)F)C(F)(F)F)cc3)cc2)(C(F)(F)F)C(F)(F)F)cc1. The van der Waals surface area contributed by atoms with Crippen LogP contribution >= 0.6 is 0 Å². The molecule has 0 saturated heterocycles. The number of alkyl halides is 18. The zero-order chi connectivity index (χ0) is 64.8. The second-order valence-electron chi connectivity index (χ2n) is 19.0. The van der Waals surface area contributed by atoms with Crippen LogP contribution in [0.4, 0.5) is 79.0 Å². The molecule has 0 aliphatic carbocycles. The Morgan fingerprint density at radius 3 is 0.609 bits per heavy atom. The van der Waals surface area contributed by atoms with Gasteiger partial charge in [-0.05, 0) is 113 Å². The molecule has 27 heteroatoms. The lowest BCUT2D eigenvalue weighted by atomic mass is 9.73. The predicted octanol–water partition coefficient (Wildman–Crippen LogP) is 16.1. The quantitative estimate of drug-likeness (QED) is 0.0284. The van der Waals surface area contributed by atoms with Crippen molar-refractivity contribution in [1.82, 2.24) is 0 Å². The van der Waals surface area contributed by atoms with Crippen molar-refractivity contribution in [3.63, 3.8) is 0 Å². The predicted molar refractivity (Wildman–Crippen MR) is 274 cm³/mol. The molecule has 0 amide bonds. The number of esters is 3. The third kappa shape index (κ3) is 13.4. The minimum atomic E-state index is -6.11. The Kier molecular flexibility index (Phi) is 19.5. The van der Waals surface area contributed by atoms with Crippen molar-refractivity contribution in [1.29, 1.82) is 0 Å². The van der Waals surface area contributed by atoms with Gasteiger partial charge in [0.05, 0.1) is 5.41 Å². The van der Waals surface area contributed by atoms with Crippen molar-refractivity contribution in [3.8, 4) is 34.5 Å². The first-order valence-corrected chi connectivity index (χ1v) is 24.9. The Labute approximate surface area is 482 Å². The van der Waals surface area contributed by atoms with E-state index in [0.29, 0.717) is 164 Å². The minimum absolute atomic E-state index is 0.225. The van der Waals surface area contributed by atoms with E-state index in [1.807, 2.05) is 0 Å². The van der Waals surface area contributed by atoms with Crippen LogP contribution < -0.4 is 28.4 Å². The van der Waals surface area contributed by atoms with Gasteiger partial charge in [0.1, 0.15) is 54.3 Å². The standard InChI is InChI=1S/C60H44F18O9/c1-5-48(79)85-45-27-15-39(16-28-45)52(55(61,62)63,56(64,65)66)36-9-21-42(22-10-36)82-33-51(8-4,34-83-43-23-11-37(12-24-43)53(57(67,68)69,58(70,71)72)40-17-29-46(30-18-40)86-49(80)6-2)35-84-44-25-13-38(14-26-44)54(59(73,74)75,60(76,77)78)41-19-31-47(32-20-41)87-50(81)7-3/h5-7,9-32H,1-3,8,33-35H2,4H3. The molecule has 464 valence electrons. The largest absolute Gasteiger partial charge is 0.493 e. The van der Waals surface area contributed by atoms with Crippen molar-refractivity contribution < 1.29 is 122 Å². The lowest BCUT2D eigenvalue weighted by Crippen LogP contribution is -2.54. The number of hydrogen-bond acceptors (Lipinski definition) is 9. The van der Waals surface area contributed by atoms with Crippen molar-refractivity contribution in [3.05, 3.63) is 217 Å². The van der Waals surface area contributed by atoms with E-state index in [2.05, 4.69) is 19.7 Å². The molecule has 0 spiro atoms. The topological polar surface area (TPSA) is 107 Å². The number of hydrogen-bond donors (Lipinski definition) is 0. The van der Waals surface area contributed by atoms with Crippen LogP contribution in [0.2, 0.25) is 0 Å². The number of carbonyl (C=O) groups excluding carboxylic acids is 3. The van der Waals surface area contributed by atoms with Gasteiger partial charge in [-0.15, -0.1) is 0 Å². The maximum atomic E-state index is 15.0. The summed E-state index contributed by atoms with van der Waals surface area (Å²) in [5.41, 5.74) is -24.2. The normalized spacial score (nSPS) is 13.0. The molecule has 0 aliphatic heterocycles. The van der Waals surface area contributed by atoms with E-state index in [-0.39, 0.29) is 6.42 Å². The lowest BCUT2D eigenvalue weighted by molar-refractivity contribution is -0.290. The van der Waals surface area contributed by atoms with Gasteiger partial charge < -0.3 is 28.4 Å². The summed E-state index contributed by atoms with van der Waals surface area (Å²) in [6.07, 6.45) is -34.8. The molecule has 0 aromatic heterocycles. The fraction of sp³-hybridized carbons (Fsp3) is 0.250. The third-order valence-electron chi connectivity index (χ3n) is 13.8. The highest BCUT2D eigenvalue weighted by atomic mass is 19.4. The number of halogens is 18. The van der Waals surface area contributed by atoms with Crippen molar-refractivity contribution in [2.75, 3.05) is 19.8 Å². The molecule has 0 bridgehead atoms. The first-order valence-electron chi connectivity index (χ1n) is 24.9. The van der Waals surface area contributed by atoms with E-state index in [4.69, 9.17) is 28.4 Å². The molecule has 0 atom stereocenters. The summed E-state index contributed by atoms with van der Waals surface area (Å²) in [6.45, 7) is 8.59. The molecule has 0 N–H and O–H groups in total. The number of carbonyl (C=O) groups is 3. The molecular weight excluding hydrogens is 1210 g/mol. The molecule has 0 aliphatic rings. The van der Waals surface area contributed by atoms with E-state index in [0.717, 1.165) is 0 Å². The summed E-state index contributed by atoms with van der Waals surface area (Å²) in [6, 6.07) is 13.4. The average molecular weight is 1250 g/mol. The monoisotopic (exact) mass is 1250 g/mol. The minimum Gasteiger partial charge on any atom is -0.493 e. The molecule has 87 heavy (non-hydrogen) atoms. The van der Waals surface area contributed by atoms with E-state index < -0.39 is 164 Å². The maximum Gasteiger partial charge on any atom is 0.411 e. The molecule has 6 aromatic carbocycles. The van der Waals surface area contributed by atoms with Crippen LogP contribution in [0.3, 0.4) is 0 Å². The van der Waals surface area contributed by atoms with Gasteiger partial charge in [0.2, 0.25) is 16.2 Å². The van der Waals surface area contributed by atoms with Crippen LogP contribution in [-0.2, 0) is 30.6 Å². The number of rotatable bonds is 22. The van der Waals surface area contributed by atoms with Crippen LogP contribution in [0.1, 0.15) is 46.7 Å². The molecule has 0 radical (unpaired) electrons. The van der Waals surface area contributed by atoms with Gasteiger partial charge in [-0.2, -0.15) is 79.0 Å². The first kappa shape index (κ1) is 67.2. The Balaban J connectivity index is 1.38. The highest BCUT2D eigenvalue weighted by Crippen LogP contribution is 2.59. The van der Waals surface area contributed by atoms with Crippen LogP contribution in [0.15, 0.2) is 184 Å². The first-order chi connectivity index (χ1) is 40.4. The summed E-state index contributed by atoms with van der Waals surface area (Å²) in [4.78, 5) is 34.9. The average Bonchev–Trinajstić information content (AvgIpc) is 0.756. The van der Waals surface area contributed by atoms with Crippen LogP contribution in [0.5, 0.6) is 34.5 Å². The molecule has 6 aromatic rings. The Morgan fingerprint density at radius 1 is 0.310 bits per heavy atom. The zero-order valence-electron chi connectivity index (χ0n) is 44.5. The van der Waals surface area contributed by atoms with Gasteiger partial charge in [-0.1, -0.05) is 99.5 Å². The van der Waals surface area contributed by atoms with Gasteiger partial charge in [0, 0.05) is 18.2 Å². The fourth-order valence-corrected chi connectivity index (χ4v) is 9.28. The number of ether oxygens (including phenoxy) is 6. The molecule has 6 rings (SSSR count). The van der Waals surface area contributed by atoms with Gasteiger partial charge in [-0.3, -0.25) is 0 Å². The highest BCUT2D eigenvalue weighted by molar-refractivity contribution is 5.84. The lowest BCUT2D eigenvalue weighted by Gasteiger charge is -2.38. The van der Waals surface area contributed by atoms with Crippen LogP contribution in [0, 0.1) is 5.41 Å². The second kappa shape index (κ2) is 25.2. The summed E-state index contributed by atoms with van der Waals surface area (Å²) in [7, 11) is 0. The van der Waals surface area contributed by atoms with Gasteiger partial charge >= 0.3 is 55.0 Å². The Hall–Kier alpha value is -8.91. The van der Waals surface area contributed by atoms with E-state index in [9.17, 15) is 14.4 Å². The molecule has 0 fully saturated rings. The summed E-state index contributed by atoms with van der Waals surface area (Å²) >= 11 is 0. The van der Waals surface area contributed by atoms with Gasteiger partial charge in [0.15, 0.2) is 0 Å². The van der Waals surface area contributed by atoms with Gasteiger partial charge in [-0.25, -0.2) is 14.4 Å². The Morgan fingerprint density at radius 2 is 0.471 bits per heavy atom. The van der Waals surface area contributed by atoms with E-state index in [1.54, 1.807) is 0 Å². The second-order valence-corrected chi connectivity index (χ2v) is 19.0. The third-order valence-corrected chi connectivity index (χ3v) is 13.8. The van der Waals surface area contributed by atoms with Crippen LogP contribution in [-0.4, -0.2) is 74.8 Å². The zero-order valence-corrected chi connectivity index (χ0v) is 44.5. The smallest absolute Gasteiger partial charge is 0.411 e. The fourth-order valence-electron chi connectivity index (χ4n) is 9.28. The van der Waals surface area contributed by atoms with E-state index in [1.165, 1.54) is 6.92 Å². The van der Waals surface area contributed by atoms with Crippen molar-refractivity contribution >= 4 is 17.9 Å². The van der Waals surface area contributed by atoms with Crippen molar-refractivity contribution in [2.45, 2.75) is 66.6 Å². The molecule has 9 nitrogen and oxygen atoms in total. The highest BCUT2D eigenvalue weighted by Gasteiger charge is 2.75. The summed E-state index contributed by atoms with van der Waals surface area (Å²) < 4.78 is 303. The molecule has 0 saturated carbocycles. The van der Waals surface area contributed by atoms with Gasteiger partial charge in [0.25, 0.3) is 0 Å². The number of benzene rings is 6. The molecular formula is C60H44F18O9. The Bertz CT molecular complexity index is 2980. The molecule has 0 heterocycles. The maximum absolute atomic E-state index is 15.0. The summed E-state index contributed by atoms with van der Waals surface area (Å²) in [5.74, 6) is -5.90. The molecule has 0 unspecified atom stereocenters. The van der Waals surface area contributed by atoms with Crippen LogP contribution in [0.25, 0.3) is 0 Å². The van der Waals surface area contributed by atoms with Crippen molar-refractivity contribution in [2.24, 2.45) is 5.41 Å². The summed E-state index contributed by atoms with van der Waals surface area (Å²) in [5, 5.41) is 0.